The maximum absolute atomic E-state index is 10.8. The number of hydrogen-bond donors (Lipinski definition) is 3. The van der Waals surface area contributed by atoms with Gasteiger partial charge in [0.25, 0.3) is 0 Å². The van der Waals surface area contributed by atoms with Gasteiger partial charge in [-0.25, -0.2) is 19.7 Å². The zero-order valence-electron chi connectivity index (χ0n) is 12.8. The van der Waals surface area contributed by atoms with Crippen LogP contribution in [0, 0.1) is 6.92 Å². The largest absolute Gasteiger partial charge is 0.478 e. The van der Waals surface area contributed by atoms with Gasteiger partial charge in [-0.3, -0.25) is 0 Å². The number of anilines is 2. The standard InChI is InChI=1S/C15H14N4O3S2/c1-7-12(24-13(17-7)8(2)20)10-6-23-15(18-10)19-11-4-3-9(5-16-11)14(21)22/h3-6,8,20H,1-2H3,(H,21,22)(H,16,18,19). The lowest BCUT2D eigenvalue weighted by atomic mass is 10.3. The first-order valence-electron chi connectivity index (χ1n) is 7.01. The number of thiazole rings is 2. The van der Waals surface area contributed by atoms with Gasteiger partial charge in [-0.1, -0.05) is 0 Å². The first-order valence-corrected chi connectivity index (χ1v) is 8.71. The van der Waals surface area contributed by atoms with Crippen molar-refractivity contribution in [2.75, 3.05) is 5.32 Å². The van der Waals surface area contributed by atoms with E-state index in [1.54, 1.807) is 13.0 Å². The third-order valence-corrected chi connectivity index (χ3v) is 5.26. The van der Waals surface area contributed by atoms with E-state index in [9.17, 15) is 9.90 Å². The van der Waals surface area contributed by atoms with Crippen LogP contribution < -0.4 is 5.32 Å². The van der Waals surface area contributed by atoms with Crippen LogP contribution in [-0.4, -0.2) is 31.1 Å². The Kier molecular flexibility index (Phi) is 4.56. The molecule has 0 bridgehead atoms. The first kappa shape index (κ1) is 16.5. The van der Waals surface area contributed by atoms with Gasteiger partial charge in [-0.2, -0.15) is 0 Å². The van der Waals surface area contributed by atoms with Gasteiger partial charge < -0.3 is 15.5 Å². The molecule has 0 saturated heterocycles. The van der Waals surface area contributed by atoms with E-state index < -0.39 is 12.1 Å². The Labute approximate surface area is 145 Å². The second-order valence-electron chi connectivity index (χ2n) is 5.04. The van der Waals surface area contributed by atoms with Crippen molar-refractivity contribution < 1.29 is 15.0 Å². The molecule has 24 heavy (non-hydrogen) atoms. The number of pyridine rings is 1. The molecule has 124 valence electrons. The summed E-state index contributed by atoms with van der Waals surface area (Å²) in [6, 6.07) is 3.07. The average Bonchev–Trinajstić information content (AvgIpc) is 3.14. The third kappa shape index (κ3) is 3.42. The summed E-state index contributed by atoms with van der Waals surface area (Å²) in [6.07, 6.45) is 0.692. The second-order valence-corrected chi connectivity index (χ2v) is 6.93. The molecule has 7 nitrogen and oxygen atoms in total. The minimum atomic E-state index is -1.01. The van der Waals surface area contributed by atoms with Crippen molar-refractivity contribution >= 4 is 39.6 Å². The third-order valence-electron chi connectivity index (χ3n) is 3.15. The molecular formula is C15H14N4O3S2. The normalized spacial score (nSPS) is 12.1. The van der Waals surface area contributed by atoms with E-state index in [4.69, 9.17) is 5.11 Å². The zero-order valence-corrected chi connectivity index (χ0v) is 14.5. The molecule has 3 aromatic heterocycles. The van der Waals surface area contributed by atoms with Gasteiger partial charge in [0.1, 0.15) is 16.9 Å². The Morgan fingerprint density at radius 1 is 1.33 bits per heavy atom. The highest BCUT2D eigenvalue weighted by Gasteiger charge is 2.15. The van der Waals surface area contributed by atoms with E-state index >= 15 is 0 Å². The van der Waals surface area contributed by atoms with E-state index in [2.05, 4.69) is 20.3 Å². The van der Waals surface area contributed by atoms with Crippen molar-refractivity contribution in [1.29, 1.82) is 0 Å². The van der Waals surface area contributed by atoms with E-state index in [-0.39, 0.29) is 5.56 Å². The Morgan fingerprint density at radius 2 is 2.12 bits per heavy atom. The van der Waals surface area contributed by atoms with Crippen molar-refractivity contribution in [3.63, 3.8) is 0 Å². The predicted molar refractivity (Wildman–Crippen MR) is 93.1 cm³/mol. The number of aromatic nitrogens is 3. The monoisotopic (exact) mass is 362 g/mol. The number of carbonyl (C=O) groups is 1. The molecule has 0 aliphatic carbocycles. The molecule has 0 saturated carbocycles. The number of nitrogens with one attached hydrogen (secondary N) is 1. The molecule has 0 aliphatic heterocycles. The summed E-state index contributed by atoms with van der Waals surface area (Å²) >= 11 is 2.83. The molecule has 1 unspecified atom stereocenters. The van der Waals surface area contributed by atoms with Gasteiger partial charge in [0, 0.05) is 11.6 Å². The summed E-state index contributed by atoms with van der Waals surface area (Å²) in [5.41, 5.74) is 1.74. The van der Waals surface area contributed by atoms with Crippen LogP contribution >= 0.6 is 22.7 Å². The highest BCUT2D eigenvalue weighted by atomic mass is 32.1. The maximum Gasteiger partial charge on any atom is 0.337 e. The van der Waals surface area contributed by atoms with Gasteiger partial charge in [0.15, 0.2) is 5.13 Å². The second kappa shape index (κ2) is 6.63. The molecule has 0 spiro atoms. The van der Waals surface area contributed by atoms with Crippen LogP contribution in [0.1, 0.15) is 34.1 Å². The molecular weight excluding hydrogens is 348 g/mol. The lowest BCUT2D eigenvalue weighted by molar-refractivity contribution is 0.0696. The van der Waals surface area contributed by atoms with Crippen molar-refractivity contribution in [3.8, 4) is 10.6 Å². The van der Waals surface area contributed by atoms with Crippen LogP contribution in [0.3, 0.4) is 0 Å². The van der Waals surface area contributed by atoms with Crippen LogP contribution in [0.2, 0.25) is 0 Å². The van der Waals surface area contributed by atoms with E-state index in [0.29, 0.717) is 16.0 Å². The summed E-state index contributed by atoms with van der Waals surface area (Å²) in [5, 5.41) is 24.8. The number of carboxylic acids is 1. The van der Waals surface area contributed by atoms with Crippen molar-refractivity contribution in [2.24, 2.45) is 0 Å². The fourth-order valence-corrected chi connectivity index (χ4v) is 3.72. The predicted octanol–water partition coefficient (Wildman–Crippen LogP) is 3.47. The molecule has 3 heterocycles. The average molecular weight is 362 g/mol. The molecule has 3 rings (SSSR count). The number of nitrogens with zero attached hydrogens (tertiary/aromatic N) is 3. The summed E-state index contributed by atoms with van der Waals surface area (Å²) in [4.78, 5) is 24.7. The molecule has 0 amide bonds. The number of aryl methyl sites for hydroxylation is 1. The topological polar surface area (TPSA) is 108 Å². The minimum absolute atomic E-state index is 0.131. The Hall–Kier alpha value is -2.36. The molecule has 0 fully saturated rings. The highest BCUT2D eigenvalue weighted by molar-refractivity contribution is 7.17. The molecule has 0 radical (unpaired) electrons. The van der Waals surface area contributed by atoms with Crippen LogP contribution in [0.25, 0.3) is 10.6 Å². The fourth-order valence-electron chi connectivity index (χ4n) is 1.97. The highest BCUT2D eigenvalue weighted by Crippen LogP contribution is 2.34. The number of carboxylic acid groups (broad SMARTS) is 1. The zero-order chi connectivity index (χ0) is 17.3. The number of rotatable bonds is 5. The summed E-state index contributed by atoms with van der Waals surface area (Å²) in [7, 11) is 0. The molecule has 1 atom stereocenters. The van der Waals surface area contributed by atoms with Crippen LogP contribution in [0.15, 0.2) is 23.7 Å². The van der Waals surface area contributed by atoms with Crippen LogP contribution in [-0.2, 0) is 0 Å². The number of aliphatic hydroxyl groups is 1. The van der Waals surface area contributed by atoms with Gasteiger partial charge >= 0.3 is 5.97 Å². The number of aliphatic hydroxyl groups excluding tert-OH is 1. The maximum atomic E-state index is 10.8. The Morgan fingerprint density at radius 3 is 2.71 bits per heavy atom. The van der Waals surface area contributed by atoms with E-state index in [0.717, 1.165) is 16.3 Å². The summed E-state index contributed by atoms with van der Waals surface area (Å²) < 4.78 is 0. The minimum Gasteiger partial charge on any atom is -0.478 e. The van der Waals surface area contributed by atoms with Crippen LogP contribution in [0.4, 0.5) is 10.9 Å². The first-order chi connectivity index (χ1) is 11.4. The van der Waals surface area contributed by atoms with Gasteiger partial charge in [0.2, 0.25) is 0 Å². The number of hydrogen-bond acceptors (Lipinski definition) is 8. The fraction of sp³-hybridized carbons (Fsp3) is 0.200. The molecule has 0 aromatic carbocycles. The summed E-state index contributed by atoms with van der Waals surface area (Å²) in [6.45, 7) is 3.57. The van der Waals surface area contributed by atoms with Gasteiger partial charge in [-0.05, 0) is 26.0 Å². The van der Waals surface area contributed by atoms with Crippen molar-refractivity contribution in [2.45, 2.75) is 20.0 Å². The lowest BCUT2D eigenvalue weighted by Crippen LogP contribution is -1.99. The van der Waals surface area contributed by atoms with E-state index in [1.165, 1.54) is 34.9 Å². The Balaban J connectivity index is 1.79. The number of aromatic carboxylic acids is 1. The SMILES string of the molecule is Cc1nc(C(C)O)sc1-c1csc(Nc2ccc(C(=O)O)cn2)n1. The van der Waals surface area contributed by atoms with Crippen LogP contribution in [0.5, 0.6) is 0 Å². The summed E-state index contributed by atoms with van der Waals surface area (Å²) in [5.74, 6) is -0.494. The molecule has 0 aliphatic rings. The lowest BCUT2D eigenvalue weighted by Gasteiger charge is -2.01. The van der Waals surface area contributed by atoms with Crippen molar-refractivity contribution in [1.82, 2.24) is 15.0 Å². The van der Waals surface area contributed by atoms with Gasteiger partial charge in [0.05, 0.1) is 21.8 Å². The smallest absolute Gasteiger partial charge is 0.337 e. The van der Waals surface area contributed by atoms with Gasteiger partial charge in [-0.15, -0.1) is 22.7 Å². The molecule has 9 heteroatoms. The Bertz CT molecular complexity index is 871. The quantitative estimate of drug-likeness (QED) is 0.638. The molecule has 3 N–H and O–H groups in total. The molecule has 3 aromatic rings. The van der Waals surface area contributed by atoms with Crippen molar-refractivity contribution in [3.05, 3.63) is 40.0 Å². The van der Waals surface area contributed by atoms with E-state index in [1.807, 2.05) is 12.3 Å².